The third-order valence-electron chi connectivity index (χ3n) is 7.48. The van der Waals surface area contributed by atoms with Gasteiger partial charge in [0.2, 0.25) is 0 Å². The van der Waals surface area contributed by atoms with Gasteiger partial charge in [-0.2, -0.15) is 0 Å². The average Bonchev–Trinajstić information content (AvgIpc) is 3.20. The van der Waals surface area contributed by atoms with Crippen LogP contribution in [-0.2, 0) is 23.2 Å². The average molecular weight is 596 g/mol. The standard InChI is InChI=1S/C25H33IN4O5/c1-16(25(26)12-5-13-25)29(2)24(33)34-15-21-22(27-28-30(21)3)17-8-10-19(11-9-17)35-20-7-4-6-18(14-20)23(31)32/h8-11,16,18,20H,4-7,12-15H2,1-3H3,(H,31,32)/t16?,18-,20-/m0/s1. The second kappa shape index (κ2) is 10.7. The first-order valence-corrected chi connectivity index (χ1v) is 13.2. The molecule has 0 radical (unpaired) electrons. The predicted octanol–water partition coefficient (Wildman–Crippen LogP) is 4.82. The van der Waals surface area contributed by atoms with Crippen molar-refractivity contribution in [2.24, 2.45) is 13.0 Å². The molecule has 1 unspecified atom stereocenters. The number of carbonyl (C=O) groups excluding carboxylic acids is 1. The number of hydrogen-bond donors (Lipinski definition) is 1. The summed E-state index contributed by atoms with van der Waals surface area (Å²) in [7, 11) is 3.57. The van der Waals surface area contributed by atoms with Crippen LogP contribution in [0.1, 0.15) is 57.6 Å². The highest BCUT2D eigenvalue weighted by atomic mass is 127. The molecule has 1 amide bonds. The first kappa shape index (κ1) is 25.7. The van der Waals surface area contributed by atoms with Crippen molar-refractivity contribution in [1.29, 1.82) is 0 Å². The molecule has 1 heterocycles. The van der Waals surface area contributed by atoms with Crippen molar-refractivity contribution in [2.75, 3.05) is 7.05 Å². The first-order chi connectivity index (χ1) is 16.7. The quantitative estimate of drug-likeness (QED) is 0.344. The molecular formula is C25H33IN4O5. The Balaban J connectivity index is 1.38. The number of hydrogen-bond acceptors (Lipinski definition) is 6. The van der Waals surface area contributed by atoms with Crippen molar-refractivity contribution < 1.29 is 24.2 Å². The second-order valence-corrected chi connectivity index (χ2v) is 11.9. The minimum absolute atomic E-state index is 0.0693. The molecule has 0 spiro atoms. The van der Waals surface area contributed by atoms with Gasteiger partial charge in [-0.05, 0) is 69.7 Å². The van der Waals surface area contributed by atoms with Crippen molar-refractivity contribution in [3.63, 3.8) is 0 Å². The number of carboxylic acid groups (broad SMARTS) is 1. The molecule has 2 aliphatic rings. The van der Waals surface area contributed by atoms with Crippen molar-refractivity contribution in [3.8, 4) is 17.0 Å². The molecule has 0 saturated heterocycles. The highest BCUT2D eigenvalue weighted by Crippen LogP contribution is 2.45. The summed E-state index contributed by atoms with van der Waals surface area (Å²) in [5, 5.41) is 17.7. The highest BCUT2D eigenvalue weighted by Gasteiger charge is 2.42. The number of benzene rings is 1. The molecule has 0 aliphatic heterocycles. The molecule has 35 heavy (non-hydrogen) atoms. The van der Waals surface area contributed by atoms with E-state index >= 15 is 0 Å². The summed E-state index contributed by atoms with van der Waals surface area (Å²) in [6.07, 6.45) is 5.93. The number of alkyl halides is 1. The van der Waals surface area contributed by atoms with Crippen LogP contribution in [0.4, 0.5) is 4.79 Å². The van der Waals surface area contributed by atoms with Crippen LogP contribution >= 0.6 is 22.6 Å². The predicted molar refractivity (Wildman–Crippen MR) is 138 cm³/mol. The van der Waals surface area contributed by atoms with Crippen molar-refractivity contribution >= 4 is 34.7 Å². The molecule has 2 aromatic rings. The molecule has 1 aromatic carbocycles. The summed E-state index contributed by atoms with van der Waals surface area (Å²) in [4.78, 5) is 25.7. The fourth-order valence-electron chi connectivity index (χ4n) is 4.79. The molecule has 2 saturated carbocycles. The number of nitrogens with zero attached hydrogens (tertiary/aromatic N) is 4. The monoisotopic (exact) mass is 596 g/mol. The Morgan fingerprint density at radius 3 is 2.60 bits per heavy atom. The van der Waals surface area contributed by atoms with Gasteiger partial charge < -0.3 is 19.5 Å². The SMILES string of the molecule is CC(N(C)C(=O)OCc1c(-c2ccc(O[C@H]3CCC[C@H](C(=O)O)C3)cc2)nnn1C)C1(I)CCC1. The number of amides is 1. The maximum Gasteiger partial charge on any atom is 0.410 e. The Kier molecular flexibility index (Phi) is 7.87. The van der Waals surface area contributed by atoms with Gasteiger partial charge in [-0.1, -0.05) is 34.2 Å². The second-order valence-electron chi connectivity index (χ2n) is 9.70. The summed E-state index contributed by atoms with van der Waals surface area (Å²) in [5.41, 5.74) is 2.19. The van der Waals surface area contributed by atoms with E-state index in [0.717, 1.165) is 31.2 Å². The van der Waals surface area contributed by atoms with E-state index in [-0.39, 0.29) is 34.2 Å². The van der Waals surface area contributed by atoms with Crippen LogP contribution in [0.2, 0.25) is 0 Å². The number of rotatable bonds is 8. The van der Waals surface area contributed by atoms with E-state index < -0.39 is 5.97 Å². The van der Waals surface area contributed by atoms with Gasteiger partial charge in [-0.25, -0.2) is 9.48 Å². The fourth-order valence-corrected chi connectivity index (χ4v) is 5.97. The third kappa shape index (κ3) is 5.73. The van der Waals surface area contributed by atoms with Crippen LogP contribution in [0.3, 0.4) is 0 Å². The largest absolute Gasteiger partial charge is 0.490 e. The van der Waals surface area contributed by atoms with Gasteiger partial charge in [-0.15, -0.1) is 5.10 Å². The van der Waals surface area contributed by atoms with E-state index in [1.54, 1.807) is 23.7 Å². The molecule has 1 N–H and O–H groups in total. The van der Waals surface area contributed by atoms with Gasteiger partial charge in [0.1, 0.15) is 23.7 Å². The van der Waals surface area contributed by atoms with Gasteiger partial charge in [0.15, 0.2) is 0 Å². The van der Waals surface area contributed by atoms with E-state index in [4.69, 9.17) is 9.47 Å². The summed E-state index contributed by atoms with van der Waals surface area (Å²) < 4.78 is 13.4. The molecule has 2 aliphatic carbocycles. The molecule has 3 atom stereocenters. The zero-order chi connectivity index (χ0) is 25.2. The Morgan fingerprint density at radius 1 is 1.26 bits per heavy atom. The van der Waals surface area contributed by atoms with Crippen LogP contribution < -0.4 is 4.74 Å². The maximum atomic E-state index is 12.7. The lowest BCUT2D eigenvalue weighted by molar-refractivity contribution is -0.143. The van der Waals surface area contributed by atoms with E-state index in [0.29, 0.717) is 30.0 Å². The Bertz CT molecular complexity index is 1050. The first-order valence-electron chi connectivity index (χ1n) is 12.1. The number of ether oxygens (including phenoxy) is 2. The smallest absolute Gasteiger partial charge is 0.410 e. The van der Waals surface area contributed by atoms with E-state index in [1.807, 2.05) is 24.3 Å². The highest BCUT2D eigenvalue weighted by molar-refractivity contribution is 14.1. The Labute approximate surface area is 219 Å². The molecule has 10 heteroatoms. The molecule has 190 valence electrons. The number of carbonyl (C=O) groups is 2. The lowest BCUT2D eigenvalue weighted by Crippen LogP contribution is -2.51. The lowest BCUT2D eigenvalue weighted by Gasteiger charge is -2.44. The molecule has 9 nitrogen and oxygen atoms in total. The van der Waals surface area contributed by atoms with Gasteiger partial charge >= 0.3 is 12.1 Å². The van der Waals surface area contributed by atoms with Crippen LogP contribution in [0.5, 0.6) is 5.75 Å². The maximum absolute atomic E-state index is 12.7. The van der Waals surface area contributed by atoms with Crippen molar-refractivity contribution in [1.82, 2.24) is 19.9 Å². The van der Waals surface area contributed by atoms with Crippen LogP contribution in [0.15, 0.2) is 24.3 Å². The number of aromatic nitrogens is 3. The van der Waals surface area contributed by atoms with Gasteiger partial charge in [-0.3, -0.25) is 4.79 Å². The summed E-state index contributed by atoms with van der Waals surface area (Å²) in [6.45, 7) is 2.14. The summed E-state index contributed by atoms with van der Waals surface area (Å²) in [6, 6.07) is 7.60. The molecular weight excluding hydrogens is 563 g/mol. The van der Waals surface area contributed by atoms with Crippen LogP contribution in [0.25, 0.3) is 11.3 Å². The lowest BCUT2D eigenvalue weighted by atomic mass is 9.80. The van der Waals surface area contributed by atoms with Gasteiger partial charge in [0.05, 0.1) is 12.0 Å². The normalized spacial score (nSPS) is 22.1. The summed E-state index contributed by atoms with van der Waals surface area (Å²) in [5.74, 6) is -0.390. The van der Waals surface area contributed by atoms with E-state index in [1.165, 1.54) is 6.42 Å². The van der Waals surface area contributed by atoms with Gasteiger partial charge in [0.25, 0.3) is 0 Å². The van der Waals surface area contributed by atoms with E-state index in [9.17, 15) is 14.7 Å². The minimum atomic E-state index is -0.748. The van der Waals surface area contributed by atoms with Crippen molar-refractivity contribution in [2.45, 2.75) is 74.0 Å². The van der Waals surface area contributed by atoms with E-state index in [2.05, 4.69) is 39.8 Å². The molecule has 2 fully saturated rings. The van der Waals surface area contributed by atoms with Crippen LogP contribution in [-0.4, -0.2) is 59.7 Å². The molecule has 4 rings (SSSR count). The Morgan fingerprint density at radius 2 is 1.97 bits per heavy atom. The Hall–Kier alpha value is -2.37. The zero-order valence-corrected chi connectivity index (χ0v) is 22.6. The zero-order valence-electron chi connectivity index (χ0n) is 20.4. The van der Waals surface area contributed by atoms with Crippen molar-refractivity contribution in [3.05, 3.63) is 30.0 Å². The van der Waals surface area contributed by atoms with Gasteiger partial charge in [0, 0.05) is 29.1 Å². The number of aryl methyl sites for hydroxylation is 1. The topological polar surface area (TPSA) is 107 Å². The molecule has 1 aromatic heterocycles. The number of carboxylic acids is 1. The third-order valence-corrected chi connectivity index (χ3v) is 9.46. The number of aliphatic carboxylic acids is 1. The molecule has 0 bridgehead atoms. The number of halogens is 1. The van der Waals surface area contributed by atoms with Crippen LogP contribution in [0, 0.1) is 5.92 Å². The minimum Gasteiger partial charge on any atom is -0.490 e. The fraction of sp³-hybridized carbons (Fsp3) is 0.600. The summed E-state index contributed by atoms with van der Waals surface area (Å²) >= 11 is 2.47.